The Bertz CT molecular complexity index is 1100. The highest BCUT2D eigenvalue weighted by molar-refractivity contribution is 7.71. The monoisotopic (exact) mass is 347 g/mol. The van der Waals surface area contributed by atoms with Gasteiger partial charge in [0.15, 0.2) is 5.82 Å². The summed E-state index contributed by atoms with van der Waals surface area (Å²) in [6, 6.07) is 16.4. The van der Waals surface area contributed by atoms with Gasteiger partial charge in [-0.3, -0.25) is 5.10 Å². The predicted molar refractivity (Wildman–Crippen MR) is 103 cm³/mol. The topological polar surface area (TPSA) is 61.8 Å². The highest BCUT2D eigenvalue weighted by Gasteiger charge is 2.10. The minimum Gasteiger partial charge on any atom is -0.361 e. The highest BCUT2D eigenvalue weighted by atomic mass is 32.1. The summed E-state index contributed by atoms with van der Waals surface area (Å²) in [6.07, 6.45) is 4.45. The molecule has 0 amide bonds. The van der Waals surface area contributed by atoms with Crippen LogP contribution in [0.3, 0.4) is 0 Å². The van der Waals surface area contributed by atoms with Crippen LogP contribution in [0.5, 0.6) is 0 Å². The lowest BCUT2D eigenvalue weighted by atomic mass is 10.1. The van der Waals surface area contributed by atoms with Gasteiger partial charge in [0, 0.05) is 23.5 Å². The van der Waals surface area contributed by atoms with Crippen molar-refractivity contribution < 1.29 is 0 Å². The zero-order valence-electron chi connectivity index (χ0n) is 13.7. The number of hydrogen-bond acceptors (Lipinski definition) is 3. The molecule has 0 spiro atoms. The minimum atomic E-state index is 0.484. The molecule has 0 atom stereocenters. The van der Waals surface area contributed by atoms with Gasteiger partial charge in [0.25, 0.3) is 0 Å². The van der Waals surface area contributed by atoms with E-state index in [0.29, 0.717) is 11.2 Å². The molecule has 0 saturated heterocycles. The number of hydrogen-bond donors (Lipinski definition) is 2. The van der Waals surface area contributed by atoms with E-state index in [2.05, 4.69) is 51.5 Å². The third kappa shape index (κ3) is 3.16. The van der Waals surface area contributed by atoms with Gasteiger partial charge in [-0.25, -0.2) is 0 Å². The average Bonchev–Trinajstić information content (AvgIpc) is 3.19. The number of fused-ring (bicyclic) bond motifs is 1. The van der Waals surface area contributed by atoms with Gasteiger partial charge in [-0.15, -0.1) is 0 Å². The molecular formula is C19H17N5S. The molecule has 0 fully saturated rings. The standard InChI is InChI=1S/C19H17N5S/c1-13-6-8-14(9-7-13)11-21-24-18(22-23-19(24)25)10-15-12-20-17-5-3-2-4-16(15)17/h2-9,11-12,20H,10H2,1H3,(H,23,25)/b21-11+. The normalized spacial score (nSPS) is 11.6. The molecule has 4 aromatic rings. The minimum absolute atomic E-state index is 0.484. The average molecular weight is 347 g/mol. The first kappa shape index (κ1) is 15.5. The fourth-order valence-corrected chi connectivity index (χ4v) is 2.98. The number of nitrogens with zero attached hydrogens (tertiary/aromatic N) is 3. The molecule has 0 unspecified atom stereocenters. The molecule has 0 aliphatic carbocycles. The second kappa shape index (κ2) is 6.49. The highest BCUT2D eigenvalue weighted by Crippen LogP contribution is 2.20. The van der Waals surface area contributed by atoms with E-state index in [-0.39, 0.29) is 0 Å². The molecule has 0 radical (unpaired) electrons. The summed E-state index contributed by atoms with van der Waals surface area (Å²) >= 11 is 5.32. The van der Waals surface area contributed by atoms with Gasteiger partial charge in [0.2, 0.25) is 4.77 Å². The molecule has 124 valence electrons. The third-order valence-electron chi connectivity index (χ3n) is 4.14. The largest absolute Gasteiger partial charge is 0.361 e. The maximum atomic E-state index is 5.32. The van der Waals surface area contributed by atoms with Crippen molar-refractivity contribution in [1.29, 1.82) is 0 Å². The van der Waals surface area contributed by atoms with Crippen LogP contribution >= 0.6 is 12.2 Å². The van der Waals surface area contributed by atoms with Crippen molar-refractivity contribution in [3.8, 4) is 0 Å². The molecule has 2 aromatic heterocycles. The van der Waals surface area contributed by atoms with E-state index in [9.17, 15) is 0 Å². The number of aromatic amines is 2. The summed E-state index contributed by atoms with van der Waals surface area (Å²) in [4.78, 5) is 3.29. The maximum Gasteiger partial charge on any atom is 0.216 e. The van der Waals surface area contributed by atoms with Gasteiger partial charge < -0.3 is 4.98 Å². The Balaban J connectivity index is 1.65. The van der Waals surface area contributed by atoms with Crippen molar-refractivity contribution in [1.82, 2.24) is 19.9 Å². The fourth-order valence-electron chi connectivity index (χ4n) is 2.78. The van der Waals surface area contributed by atoms with Crippen molar-refractivity contribution in [3.63, 3.8) is 0 Å². The Labute approximate surface area is 150 Å². The van der Waals surface area contributed by atoms with Crippen molar-refractivity contribution in [2.24, 2.45) is 5.10 Å². The Morgan fingerprint density at radius 3 is 2.80 bits per heavy atom. The number of para-hydroxylation sites is 1. The predicted octanol–water partition coefficient (Wildman–Crippen LogP) is 4.20. The van der Waals surface area contributed by atoms with E-state index in [4.69, 9.17) is 12.2 Å². The second-order valence-corrected chi connectivity index (χ2v) is 6.34. The van der Waals surface area contributed by atoms with Crippen molar-refractivity contribution in [2.45, 2.75) is 13.3 Å². The quantitative estimate of drug-likeness (QED) is 0.429. The summed E-state index contributed by atoms with van der Waals surface area (Å²) in [5, 5.41) is 12.9. The summed E-state index contributed by atoms with van der Waals surface area (Å²) in [5.41, 5.74) is 4.52. The van der Waals surface area contributed by atoms with Crippen molar-refractivity contribution >= 4 is 29.3 Å². The first-order valence-corrected chi connectivity index (χ1v) is 8.44. The number of rotatable bonds is 4. The molecule has 2 heterocycles. The molecule has 0 aliphatic heterocycles. The molecule has 0 aliphatic rings. The van der Waals surface area contributed by atoms with E-state index in [0.717, 1.165) is 22.5 Å². The third-order valence-corrected chi connectivity index (χ3v) is 4.40. The van der Waals surface area contributed by atoms with Crippen LogP contribution in [-0.4, -0.2) is 26.1 Å². The van der Waals surface area contributed by atoms with Crippen LogP contribution in [0.4, 0.5) is 0 Å². The number of benzene rings is 2. The van der Waals surface area contributed by atoms with E-state index >= 15 is 0 Å². The van der Waals surface area contributed by atoms with Crippen LogP contribution in [0.25, 0.3) is 10.9 Å². The lowest BCUT2D eigenvalue weighted by molar-refractivity contribution is 0.793. The first-order valence-electron chi connectivity index (χ1n) is 8.03. The van der Waals surface area contributed by atoms with Gasteiger partial charge in [0.05, 0.1) is 6.21 Å². The molecule has 0 bridgehead atoms. The Hall–Kier alpha value is -2.99. The zero-order chi connectivity index (χ0) is 17.2. The van der Waals surface area contributed by atoms with E-state index in [1.807, 2.05) is 30.5 Å². The van der Waals surface area contributed by atoms with Gasteiger partial charge in [-0.1, -0.05) is 48.0 Å². The van der Waals surface area contributed by atoms with Gasteiger partial charge >= 0.3 is 0 Å². The molecule has 2 aromatic carbocycles. The van der Waals surface area contributed by atoms with Crippen LogP contribution in [0.2, 0.25) is 0 Å². The van der Waals surface area contributed by atoms with Crippen molar-refractivity contribution in [3.05, 3.63) is 82.0 Å². The summed E-state index contributed by atoms with van der Waals surface area (Å²) in [5.74, 6) is 0.776. The molecule has 4 rings (SSSR count). The zero-order valence-corrected chi connectivity index (χ0v) is 14.5. The number of aromatic nitrogens is 4. The lowest BCUT2D eigenvalue weighted by Crippen LogP contribution is -2.00. The SMILES string of the molecule is Cc1ccc(/C=N/n2c(Cc3c[nH]c4ccccc34)n[nH]c2=S)cc1. The van der Waals surface area contributed by atoms with E-state index < -0.39 is 0 Å². The Morgan fingerprint density at radius 2 is 1.96 bits per heavy atom. The van der Waals surface area contributed by atoms with Crippen molar-refractivity contribution in [2.75, 3.05) is 0 Å². The molecule has 2 N–H and O–H groups in total. The van der Waals surface area contributed by atoms with Crippen LogP contribution in [-0.2, 0) is 6.42 Å². The summed E-state index contributed by atoms with van der Waals surface area (Å²) in [7, 11) is 0. The summed E-state index contributed by atoms with van der Waals surface area (Å²) < 4.78 is 2.16. The number of H-pyrrole nitrogens is 2. The summed E-state index contributed by atoms with van der Waals surface area (Å²) in [6.45, 7) is 2.06. The molecule has 5 nitrogen and oxygen atoms in total. The van der Waals surface area contributed by atoms with Crippen LogP contribution in [0, 0.1) is 11.7 Å². The maximum absolute atomic E-state index is 5.32. The molecule has 6 heteroatoms. The Kier molecular flexibility index (Phi) is 4.03. The number of nitrogens with one attached hydrogen (secondary N) is 2. The van der Waals surface area contributed by atoms with Gasteiger partial charge in [-0.2, -0.15) is 14.9 Å². The Morgan fingerprint density at radius 1 is 1.16 bits per heavy atom. The molecule has 0 saturated carbocycles. The van der Waals surface area contributed by atoms with Crippen LogP contribution in [0.15, 0.2) is 59.8 Å². The number of aryl methyl sites for hydroxylation is 1. The fraction of sp³-hybridized carbons (Fsp3) is 0.105. The smallest absolute Gasteiger partial charge is 0.216 e. The van der Waals surface area contributed by atoms with Gasteiger partial charge in [0.1, 0.15) is 0 Å². The first-order chi connectivity index (χ1) is 12.2. The van der Waals surface area contributed by atoms with Crippen LogP contribution < -0.4 is 0 Å². The van der Waals surface area contributed by atoms with E-state index in [1.165, 1.54) is 10.9 Å². The van der Waals surface area contributed by atoms with Gasteiger partial charge in [-0.05, 0) is 36.3 Å². The lowest BCUT2D eigenvalue weighted by Gasteiger charge is -2.01. The second-order valence-electron chi connectivity index (χ2n) is 5.95. The van der Waals surface area contributed by atoms with E-state index in [1.54, 1.807) is 10.9 Å². The van der Waals surface area contributed by atoms with Crippen LogP contribution in [0.1, 0.15) is 22.5 Å². The molecule has 25 heavy (non-hydrogen) atoms. The molecular weight excluding hydrogens is 330 g/mol.